The van der Waals surface area contributed by atoms with Gasteiger partial charge < -0.3 is 10.7 Å². The predicted octanol–water partition coefficient (Wildman–Crippen LogP) is 2.88. The third-order valence-electron chi connectivity index (χ3n) is 3.66. The summed E-state index contributed by atoms with van der Waals surface area (Å²) in [5.41, 5.74) is 8.83. The van der Waals surface area contributed by atoms with Crippen molar-refractivity contribution in [3.63, 3.8) is 0 Å². The van der Waals surface area contributed by atoms with Crippen molar-refractivity contribution in [1.82, 2.24) is 15.0 Å². The molecule has 0 saturated carbocycles. The van der Waals surface area contributed by atoms with Crippen LogP contribution in [0.2, 0.25) is 0 Å². The molecule has 0 fully saturated rings. The number of H-pyrrole nitrogens is 1. The fraction of sp³-hybridized carbons (Fsp3) is 0. The topological polar surface area (TPSA) is 84.7 Å². The highest BCUT2D eigenvalue weighted by Gasteiger charge is 2.15. The number of benzene rings is 1. The first-order chi connectivity index (χ1) is 10.7. The van der Waals surface area contributed by atoms with Crippen LogP contribution in [0, 0.1) is 0 Å². The number of aromatic amines is 1. The molecule has 0 aliphatic rings. The third-order valence-corrected chi connectivity index (χ3v) is 3.66. The normalized spacial score (nSPS) is 11.1. The Morgan fingerprint density at radius 2 is 1.86 bits per heavy atom. The number of nitrogens with one attached hydrogen (secondary N) is 1. The van der Waals surface area contributed by atoms with E-state index in [9.17, 15) is 4.79 Å². The minimum atomic E-state index is -0.552. The summed E-state index contributed by atoms with van der Waals surface area (Å²) in [4.78, 5) is 23.7. The molecule has 0 unspecified atom stereocenters. The standard InChI is InChI=1S/C17H12N4O/c18-17(22)14-9-11-10-5-1-2-6-12(10)20-15(11)16(21-14)13-7-3-4-8-19-13/h1-9,20H,(H2,18,22). The van der Waals surface area contributed by atoms with E-state index < -0.39 is 5.91 Å². The van der Waals surface area contributed by atoms with Crippen molar-refractivity contribution in [2.75, 3.05) is 0 Å². The Balaban J connectivity index is 2.16. The van der Waals surface area contributed by atoms with Crippen molar-refractivity contribution >= 4 is 27.7 Å². The van der Waals surface area contributed by atoms with Crippen LogP contribution in [-0.4, -0.2) is 20.9 Å². The molecule has 1 amide bonds. The molecule has 22 heavy (non-hydrogen) atoms. The Labute approximate surface area is 125 Å². The summed E-state index contributed by atoms with van der Waals surface area (Å²) in [7, 11) is 0. The van der Waals surface area contributed by atoms with E-state index >= 15 is 0 Å². The molecule has 0 radical (unpaired) electrons. The number of para-hydroxylation sites is 1. The Kier molecular flexibility index (Phi) is 2.66. The van der Waals surface area contributed by atoms with Gasteiger partial charge in [0.05, 0.1) is 11.2 Å². The van der Waals surface area contributed by atoms with Crippen molar-refractivity contribution in [3.8, 4) is 11.4 Å². The van der Waals surface area contributed by atoms with Gasteiger partial charge in [-0.15, -0.1) is 0 Å². The maximum Gasteiger partial charge on any atom is 0.267 e. The average Bonchev–Trinajstić information content (AvgIpc) is 2.93. The number of fused-ring (bicyclic) bond motifs is 3. The van der Waals surface area contributed by atoms with Gasteiger partial charge in [0.1, 0.15) is 11.4 Å². The second-order valence-corrected chi connectivity index (χ2v) is 5.03. The van der Waals surface area contributed by atoms with Crippen LogP contribution in [-0.2, 0) is 0 Å². The van der Waals surface area contributed by atoms with Gasteiger partial charge >= 0.3 is 0 Å². The number of nitrogens with zero attached hydrogens (tertiary/aromatic N) is 2. The molecule has 5 nitrogen and oxygen atoms in total. The number of primary amides is 1. The van der Waals surface area contributed by atoms with Crippen molar-refractivity contribution in [2.45, 2.75) is 0 Å². The summed E-state index contributed by atoms with van der Waals surface area (Å²) in [5, 5.41) is 1.94. The summed E-state index contributed by atoms with van der Waals surface area (Å²) in [6.45, 7) is 0. The smallest absolute Gasteiger partial charge is 0.267 e. The Morgan fingerprint density at radius 3 is 2.64 bits per heavy atom. The van der Waals surface area contributed by atoms with Crippen molar-refractivity contribution in [3.05, 3.63) is 60.4 Å². The summed E-state index contributed by atoms with van der Waals surface area (Å²) in [6, 6.07) is 15.2. The minimum absolute atomic E-state index is 0.234. The summed E-state index contributed by atoms with van der Waals surface area (Å²) >= 11 is 0. The number of pyridine rings is 2. The first-order valence-corrected chi connectivity index (χ1v) is 6.87. The van der Waals surface area contributed by atoms with E-state index in [0.717, 1.165) is 21.8 Å². The molecule has 0 aliphatic carbocycles. The lowest BCUT2D eigenvalue weighted by atomic mass is 10.1. The monoisotopic (exact) mass is 288 g/mol. The molecule has 0 aliphatic heterocycles. The molecule has 5 heteroatoms. The Hall–Kier alpha value is -3.21. The van der Waals surface area contributed by atoms with E-state index in [1.54, 1.807) is 12.3 Å². The van der Waals surface area contributed by atoms with Crippen molar-refractivity contribution in [1.29, 1.82) is 0 Å². The molecule has 4 aromatic rings. The number of hydrogen-bond donors (Lipinski definition) is 2. The van der Waals surface area contributed by atoms with Gasteiger partial charge in [0.15, 0.2) is 0 Å². The van der Waals surface area contributed by atoms with Crippen LogP contribution in [0.5, 0.6) is 0 Å². The van der Waals surface area contributed by atoms with Crippen LogP contribution < -0.4 is 5.73 Å². The van der Waals surface area contributed by atoms with Crippen LogP contribution in [0.3, 0.4) is 0 Å². The molecule has 4 rings (SSSR count). The van der Waals surface area contributed by atoms with E-state index in [2.05, 4.69) is 15.0 Å². The molecule has 3 heterocycles. The van der Waals surface area contributed by atoms with Gasteiger partial charge in [0.2, 0.25) is 0 Å². The van der Waals surface area contributed by atoms with E-state index in [1.807, 2.05) is 42.5 Å². The van der Waals surface area contributed by atoms with Crippen LogP contribution in [0.4, 0.5) is 0 Å². The molecule has 3 aromatic heterocycles. The number of hydrogen-bond acceptors (Lipinski definition) is 3. The third kappa shape index (κ3) is 1.83. The van der Waals surface area contributed by atoms with Gasteiger partial charge in [0, 0.05) is 22.5 Å². The molecular weight excluding hydrogens is 276 g/mol. The highest BCUT2D eigenvalue weighted by molar-refractivity contribution is 6.12. The zero-order valence-electron chi connectivity index (χ0n) is 11.6. The summed E-state index contributed by atoms with van der Waals surface area (Å²) in [6.07, 6.45) is 1.70. The minimum Gasteiger partial charge on any atom is -0.364 e. The fourth-order valence-electron chi connectivity index (χ4n) is 2.66. The maximum atomic E-state index is 11.6. The largest absolute Gasteiger partial charge is 0.364 e. The SMILES string of the molecule is NC(=O)c1cc2c([nH]c3ccccc32)c(-c2ccccn2)n1. The van der Waals surface area contributed by atoms with E-state index in [1.165, 1.54) is 0 Å². The van der Waals surface area contributed by atoms with Crippen LogP contribution in [0.15, 0.2) is 54.7 Å². The van der Waals surface area contributed by atoms with Gasteiger partial charge in [-0.05, 0) is 24.3 Å². The molecule has 0 bridgehead atoms. The quantitative estimate of drug-likeness (QED) is 0.594. The lowest BCUT2D eigenvalue weighted by Crippen LogP contribution is -2.13. The van der Waals surface area contributed by atoms with Crippen molar-refractivity contribution in [2.24, 2.45) is 5.73 Å². The summed E-state index contributed by atoms with van der Waals surface area (Å²) < 4.78 is 0. The number of nitrogens with two attached hydrogens (primary N) is 1. The van der Waals surface area contributed by atoms with Gasteiger partial charge in [-0.3, -0.25) is 9.78 Å². The van der Waals surface area contributed by atoms with Crippen LogP contribution >= 0.6 is 0 Å². The second-order valence-electron chi connectivity index (χ2n) is 5.03. The first kappa shape index (κ1) is 12.5. The molecular formula is C17H12N4O. The Bertz CT molecular complexity index is 1010. The van der Waals surface area contributed by atoms with Gasteiger partial charge in [-0.1, -0.05) is 24.3 Å². The fourth-order valence-corrected chi connectivity index (χ4v) is 2.66. The average molecular weight is 288 g/mol. The Morgan fingerprint density at radius 1 is 1.05 bits per heavy atom. The lowest BCUT2D eigenvalue weighted by Gasteiger charge is -2.04. The van der Waals surface area contributed by atoms with Crippen molar-refractivity contribution < 1.29 is 4.79 Å². The maximum absolute atomic E-state index is 11.6. The highest BCUT2D eigenvalue weighted by Crippen LogP contribution is 2.31. The van der Waals surface area contributed by atoms with E-state index in [0.29, 0.717) is 11.4 Å². The van der Waals surface area contributed by atoms with E-state index in [-0.39, 0.29) is 5.69 Å². The molecule has 106 valence electrons. The summed E-state index contributed by atoms with van der Waals surface area (Å²) in [5.74, 6) is -0.552. The molecule has 0 atom stereocenters. The first-order valence-electron chi connectivity index (χ1n) is 6.87. The molecule has 1 aromatic carbocycles. The predicted molar refractivity (Wildman–Crippen MR) is 85.3 cm³/mol. The second kappa shape index (κ2) is 4.66. The number of carbonyl (C=O) groups is 1. The van der Waals surface area contributed by atoms with Gasteiger partial charge in [-0.2, -0.15) is 0 Å². The van der Waals surface area contributed by atoms with Crippen LogP contribution in [0.25, 0.3) is 33.2 Å². The van der Waals surface area contributed by atoms with E-state index in [4.69, 9.17) is 5.73 Å². The number of amides is 1. The van der Waals surface area contributed by atoms with Gasteiger partial charge in [0.25, 0.3) is 5.91 Å². The molecule has 3 N–H and O–H groups in total. The molecule has 0 saturated heterocycles. The number of carbonyl (C=O) groups excluding carboxylic acids is 1. The number of aromatic nitrogens is 3. The lowest BCUT2D eigenvalue weighted by molar-refractivity contribution is 0.0996. The zero-order valence-corrected chi connectivity index (χ0v) is 11.6. The highest BCUT2D eigenvalue weighted by atomic mass is 16.1. The van der Waals surface area contributed by atoms with Gasteiger partial charge in [-0.25, -0.2) is 4.98 Å². The zero-order chi connectivity index (χ0) is 15.1. The molecule has 0 spiro atoms. The van der Waals surface area contributed by atoms with Crippen LogP contribution in [0.1, 0.15) is 10.5 Å². The number of rotatable bonds is 2.